The molecule has 2 atom stereocenters. The number of fused-ring (bicyclic) bond motifs is 2. The first-order valence-corrected chi connectivity index (χ1v) is 10.9. The second-order valence-electron chi connectivity index (χ2n) is 8.19. The van der Waals surface area contributed by atoms with Gasteiger partial charge in [-0.15, -0.1) is 0 Å². The van der Waals surface area contributed by atoms with Crippen LogP contribution in [0.4, 0.5) is 0 Å². The van der Waals surface area contributed by atoms with Crippen molar-refractivity contribution in [2.75, 3.05) is 6.54 Å². The molecule has 0 radical (unpaired) electrons. The highest BCUT2D eigenvalue weighted by Crippen LogP contribution is 2.37. The molecule has 0 heterocycles. The van der Waals surface area contributed by atoms with E-state index < -0.39 is 6.10 Å². The lowest BCUT2D eigenvalue weighted by Gasteiger charge is -2.23. The predicted molar refractivity (Wildman–Crippen MR) is 120 cm³/mol. The summed E-state index contributed by atoms with van der Waals surface area (Å²) in [5.74, 6) is 0.459. The van der Waals surface area contributed by atoms with Gasteiger partial charge in [-0.3, -0.25) is 0 Å². The second-order valence-corrected chi connectivity index (χ2v) is 8.19. The van der Waals surface area contributed by atoms with Crippen molar-refractivity contribution in [2.45, 2.75) is 50.7 Å². The standard InChI is InChI=1S/C27H31NO/c1-20(27(29)23-12-3-2-4-13-23)28-19-9-16-26-24-14-7-5-10-21(24)17-18-22-11-6-8-15-25(22)26/h2-8,10-15,20,26-29H,9,16-19H2,1H3. The maximum atomic E-state index is 10.6. The summed E-state index contributed by atoms with van der Waals surface area (Å²) in [4.78, 5) is 0. The zero-order chi connectivity index (χ0) is 20.1. The van der Waals surface area contributed by atoms with Crippen LogP contribution >= 0.6 is 0 Å². The minimum absolute atomic E-state index is 0.0334. The fourth-order valence-corrected chi connectivity index (χ4v) is 4.64. The van der Waals surface area contributed by atoms with Crippen LogP contribution in [-0.4, -0.2) is 17.7 Å². The van der Waals surface area contributed by atoms with Crippen molar-refractivity contribution in [3.8, 4) is 0 Å². The minimum atomic E-state index is -0.476. The van der Waals surface area contributed by atoms with Gasteiger partial charge in [-0.25, -0.2) is 0 Å². The molecule has 0 saturated heterocycles. The molecule has 150 valence electrons. The van der Waals surface area contributed by atoms with E-state index in [0.717, 1.165) is 37.8 Å². The first-order chi connectivity index (χ1) is 14.2. The van der Waals surface area contributed by atoms with Gasteiger partial charge in [0.1, 0.15) is 0 Å². The lowest BCUT2D eigenvalue weighted by molar-refractivity contribution is 0.136. The molecule has 0 aliphatic heterocycles. The Labute approximate surface area is 174 Å². The summed E-state index contributed by atoms with van der Waals surface area (Å²) in [6.45, 7) is 2.97. The van der Waals surface area contributed by atoms with E-state index in [4.69, 9.17) is 0 Å². The maximum Gasteiger partial charge on any atom is 0.0940 e. The summed E-state index contributed by atoms with van der Waals surface area (Å²) in [5.41, 5.74) is 6.95. The highest BCUT2D eigenvalue weighted by molar-refractivity contribution is 5.44. The van der Waals surface area contributed by atoms with Crippen LogP contribution in [0.15, 0.2) is 78.9 Å². The van der Waals surface area contributed by atoms with Gasteiger partial charge in [0.2, 0.25) is 0 Å². The van der Waals surface area contributed by atoms with Crippen molar-refractivity contribution >= 4 is 0 Å². The molecule has 0 aromatic heterocycles. The minimum Gasteiger partial charge on any atom is -0.387 e. The van der Waals surface area contributed by atoms with Crippen LogP contribution in [0.25, 0.3) is 0 Å². The summed E-state index contributed by atoms with van der Waals surface area (Å²) in [6, 6.07) is 27.9. The van der Waals surface area contributed by atoms with Gasteiger partial charge in [0.25, 0.3) is 0 Å². The molecular formula is C27H31NO. The third-order valence-corrected chi connectivity index (χ3v) is 6.28. The number of aliphatic hydroxyl groups is 1. The van der Waals surface area contributed by atoms with E-state index in [-0.39, 0.29) is 6.04 Å². The van der Waals surface area contributed by atoms with Crippen molar-refractivity contribution < 1.29 is 5.11 Å². The third kappa shape index (κ3) is 4.60. The number of aliphatic hydroxyl groups excluding tert-OH is 1. The number of nitrogens with one attached hydrogen (secondary N) is 1. The smallest absolute Gasteiger partial charge is 0.0940 e. The van der Waals surface area contributed by atoms with E-state index >= 15 is 0 Å². The Hall–Kier alpha value is -2.42. The summed E-state index contributed by atoms with van der Waals surface area (Å²) in [7, 11) is 0. The molecule has 2 heteroatoms. The number of benzene rings is 3. The lowest BCUT2D eigenvalue weighted by atomic mass is 9.85. The van der Waals surface area contributed by atoms with Gasteiger partial charge in [-0.05, 0) is 67.0 Å². The van der Waals surface area contributed by atoms with Crippen LogP contribution < -0.4 is 5.32 Å². The van der Waals surface area contributed by atoms with Gasteiger partial charge in [-0.2, -0.15) is 0 Å². The lowest BCUT2D eigenvalue weighted by Crippen LogP contribution is -2.33. The van der Waals surface area contributed by atoms with Crippen LogP contribution in [0, 0.1) is 0 Å². The van der Waals surface area contributed by atoms with Gasteiger partial charge in [-0.1, -0.05) is 78.9 Å². The average molecular weight is 386 g/mol. The van der Waals surface area contributed by atoms with Crippen molar-refractivity contribution in [3.05, 3.63) is 107 Å². The van der Waals surface area contributed by atoms with Crippen LogP contribution in [0.1, 0.15) is 59.6 Å². The van der Waals surface area contributed by atoms with Crippen LogP contribution in [0.2, 0.25) is 0 Å². The Bertz CT molecular complexity index is 873. The van der Waals surface area contributed by atoms with E-state index in [0.29, 0.717) is 5.92 Å². The Balaban J connectivity index is 1.41. The summed E-state index contributed by atoms with van der Waals surface area (Å²) < 4.78 is 0. The van der Waals surface area contributed by atoms with Crippen LogP contribution in [0.3, 0.4) is 0 Å². The summed E-state index contributed by atoms with van der Waals surface area (Å²) in [6.07, 6.45) is 3.98. The molecule has 0 fully saturated rings. The number of aryl methyl sites for hydroxylation is 2. The van der Waals surface area contributed by atoms with Gasteiger partial charge in [0.05, 0.1) is 6.10 Å². The molecule has 0 bridgehead atoms. The van der Waals surface area contributed by atoms with Gasteiger partial charge in [0, 0.05) is 12.0 Å². The molecule has 2 unspecified atom stereocenters. The summed E-state index contributed by atoms with van der Waals surface area (Å²) >= 11 is 0. The number of hydrogen-bond acceptors (Lipinski definition) is 2. The second kappa shape index (κ2) is 9.39. The Kier molecular flexibility index (Phi) is 6.43. The molecule has 3 aromatic rings. The Morgan fingerprint density at radius 3 is 2.00 bits per heavy atom. The molecule has 3 aromatic carbocycles. The molecule has 0 saturated carbocycles. The van der Waals surface area contributed by atoms with Gasteiger partial charge >= 0.3 is 0 Å². The Morgan fingerprint density at radius 2 is 1.38 bits per heavy atom. The first kappa shape index (κ1) is 19.9. The quantitative estimate of drug-likeness (QED) is 0.533. The highest BCUT2D eigenvalue weighted by Gasteiger charge is 2.23. The fourth-order valence-electron chi connectivity index (χ4n) is 4.64. The maximum absolute atomic E-state index is 10.6. The monoisotopic (exact) mass is 385 g/mol. The molecule has 0 amide bonds. The summed E-state index contributed by atoms with van der Waals surface area (Å²) in [5, 5.41) is 14.1. The zero-order valence-corrected chi connectivity index (χ0v) is 17.2. The SMILES string of the molecule is CC(NCCCC1c2ccccc2CCc2ccccc21)C(O)c1ccccc1. The van der Waals surface area contributed by atoms with Crippen molar-refractivity contribution in [3.63, 3.8) is 0 Å². The van der Waals surface area contributed by atoms with Crippen molar-refractivity contribution in [1.29, 1.82) is 0 Å². The van der Waals surface area contributed by atoms with Crippen molar-refractivity contribution in [1.82, 2.24) is 5.32 Å². The average Bonchev–Trinajstić information content (AvgIpc) is 2.94. The molecular weight excluding hydrogens is 354 g/mol. The van der Waals surface area contributed by atoms with Crippen molar-refractivity contribution in [2.24, 2.45) is 0 Å². The molecule has 1 aliphatic rings. The number of hydrogen-bond donors (Lipinski definition) is 2. The largest absolute Gasteiger partial charge is 0.387 e. The molecule has 4 rings (SSSR count). The van der Waals surface area contributed by atoms with Crippen LogP contribution in [-0.2, 0) is 12.8 Å². The fraction of sp³-hybridized carbons (Fsp3) is 0.333. The predicted octanol–water partition coefficient (Wildman–Crippen LogP) is 5.41. The van der Waals surface area contributed by atoms with Gasteiger partial charge < -0.3 is 10.4 Å². The topological polar surface area (TPSA) is 32.3 Å². The first-order valence-electron chi connectivity index (χ1n) is 10.9. The van der Waals surface area contributed by atoms with E-state index in [9.17, 15) is 5.11 Å². The molecule has 1 aliphatic carbocycles. The normalized spacial score (nSPS) is 15.8. The number of rotatable bonds is 7. The zero-order valence-electron chi connectivity index (χ0n) is 17.2. The van der Waals surface area contributed by atoms with E-state index in [1.165, 1.54) is 22.3 Å². The van der Waals surface area contributed by atoms with E-state index in [1.54, 1.807) is 0 Å². The van der Waals surface area contributed by atoms with E-state index in [1.807, 2.05) is 30.3 Å². The molecule has 2 nitrogen and oxygen atoms in total. The highest BCUT2D eigenvalue weighted by atomic mass is 16.3. The molecule has 0 spiro atoms. The molecule has 29 heavy (non-hydrogen) atoms. The third-order valence-electron chi connectivity index (χ3n) is 6.28. The van der Waals surface area contributed by atoms with Gasteiger partial charge in [0.15, 0.2) is 0 Å². The Morgan fingerprint density at radius 1 is 0.828 bits per heavy atom. The van der Waals surface area contributed by atoms with Crippen LogP contribution in [0.5, 0.6) is 0 Å². The van der Waals surface area contributed by atoms with E-state index in [2.05, 4.69) is 60.8 Å². The molecule has 2 N–H and O–H groups in total.